The summed E-state index contributed by atoms with van der Waals surface area (Å²) >= 11 is 0. The van der Waals surface area contributed by atoms with Gasteiger partial charge in [0, 0.05) is 56.7 Å². The minimum atomic E-state index is 0.0304. The summed E-state index contributed by atoms with van der Waals surface area (Å²) in [6.45, 7) is 2.95. The molecule has 0 unspecified atom stereocenters. The number of imidazole rings is 1. The lowest BCUT2D eigenvalue weighted by molar-refractivity contribution is 0.0696. The summed E-state index contributed by atoms with van der Waals surface area (Å²) < 4.78 is 7.32. The number of aromatic amines is 1. The van der Waals surface area contributed by atoms with Crippen molar-refractivity contribution in [3.05, 3.63) is 35.7 Å². The average Bonchev–Trinajstić information content (AvgIpc) is 3.20. The first-order chi connectivity index (χ1) is 12.3. The van der Waals surface area contributed by atoms with E-state index in [1.807, 2.05) is 23.4 Å². The van der Waals surface area contributed by atoms with E-state index in [2.05, 4.69) is 19.7 Å². The molecule has 1 amide bonds. The van der Waals surface area contributed by atoms with Crippen LogP contribution in [0.15, 0.2) is 18.5 Å². The molecule has 4 rings (SSSR count). The Morgan fingerprint density at radius 3 is 3.04 bits per heavy atom. The Morgan fingerprint density at radius 1 is 1.36 bits per heavy atom. The second-order valence-electron chi connectivity index (χ2n) is 7.04. The standard InChI is InChI=1S/C18H25N5O2/c1-25-10-9-22-8-6-19-17(22)14-3-2-7-23(12-14)18(24)16-11-15(20-21-16)13-4-5-13/h6,8,11,13-14H,2-5,7,9-10,12H2,1H3,(H,20,21)/t14-/m1/s1. The van der Waals surface area contributed by atoms with Crippen molar-refractivity contribution in [1.29, 1.82) is 0 Å². The van der Waals surface area contributed by atoms with Crippen molar-refractivity contribution in [1.82, 2.24) is 24.6 Å². The van der Waals surface area contributed by atoms with E-state index in [0.29, 0.717) is 24.8 Å². The highest BCUT2D eigenvalue weighted by atomic mass is 16.5. The number of methoxy groups -OCH3 is 1. The lowest BCUT2D eigenvalue weighted by atomic mass is 9.96. The van der Waals surface area contributed by atoms with Crippen LogP contribution in [0.3, 0.4) is 0 Å². The summed E-state index contributed by atoms with van der Waals surface area (Å²) in [5.41, 5.74) is 1.65. The van der Waals surface area contributed by atoms with Crippen LogP contribution >= 0.6 is 0 Å². The van der Waals surface area contributed by atoms with Crippen LogP contribution in [0, 0.1) is 0 Å². The van der Waals surface area contributed by atoms with E-state index in [0.717, 1.165) is 37.4 Å². The summed E-state index contributed by atoms with van der Waals surface area (Å²) in [5.74, 6) is 1.93. The molecule has 1 atom stereocenters. The van der Waals surface area contributed by atoms with Crippen LogP contribution in [0.5, 0.6) is 0 Å². The molecule has 1 saturated heterocycles. The molecule has 1 aliphatic heterocycles. The number of likely N-dealkylation sites (tertiary alicyclic amines) is 1. The second kappa shape index (κ2) is 7.00. The van der Waals surface area contributed by atoms with Gasteiger partial charge < -0.3 is 14.2 Å². The van der Waals surface area contributed by atoms with Gasteiger partial charge in [-0.1, -0.05) is 0 Å². The number of amides is 1. The number of rotatable bonds is 6. The van der Waals surface area contributed by atoms with Gasteiger partial charge in [-0.25, -0.2) is 4.98 Å². The number of aromatic nitrogens is 4. The predicted octanol–water partition coefficient (Wildman–Crippen LogP) is 2.15. The molecule has 2 aliphatic rings. The molecule has 1 N–H and O–H groups in total. The molecule has 1 saturated carbocycles. The lowest BCUT2D eigenvalue weighted by Crippen LogP contribution is -2.40. The van der Waals surface area contributed by atoms with Gasteiger partial charge in [0.15, 0.2) is 0 Å². The maximum absolute atomic E-state index is 12.8. The number of nitrogens with one attached hydrogen (secondary N) is 1. The number of ether oxygens (including phenoxy) is 1. The van der Waals surface area contributed by atoms with Gasteiger partial charge in [0.1, 0.15) is 11.5 Å². The van der Waals surface area contributed by atoms with E-state index in [4.69, 9.17) is 4.74 Å². The van der Waals surface area contributed by atoms with Crippen molar-refractivity contribution in [3.8, 4) is 0 Å². The van der Waals surface area contributed by atoms with Crippen LogP contribution in [0.1, 0.15) is 59.5 Å². The Bertz CT molecular complexity index is 733. The molecule has 0 aromatic carbocycles. The molecule has 7 heteroatoms. The number of carbonyl (C=O) groups is 1. The van der Waals surface area contributed by atoms with E-state index >= 15 is 0 Å². The molecule has 7 nitrogen and oxygen atoms in total. The molecular formula is C18H25N5O2. The number of hydrogen-bond donors (Lipinski definition) is 1. The van der Waals surface area contributed by atoms with Crippen molar-refractivity contribution < 1.29 is 9.53 Å². The highest BCUT2D eigenvalue weighted by molar-refractivity contribution is 5.92. The van der Waals surface area contributed by atoms with Gasteiger partial charge in [-0.15, -0.1) is 0 Å². The first-order valence-electron chi connectivity index (χ1n) is 9.11. The lowest BCUT2D eigenvalue weighted by Gasteiger charge is -2.32. The van der Waals surface area contributed by atoms with Gasteiger partial charge in [-0.2, -0.15) is 5.10 Å². The van der Waals surface area contributed by atoms with E-state index in [-0.39, 0.29) is 11.8 Å². The molecule has 0 bridgehead atoms. The van der Waals surface area contributed by atoms with Crippen molar-refractivity contribution >= 4 is 5.91 Å². The predicted molar refractivity (Wildman–Crippen MR) is 92.5 cm³/mol. The molecule has 0 spiro atoms. The Balaban J connectivity index is 1.45. The molecule has 134 valence electrons. The Hall–Kier alpha value is -2.15. The molecule has 2 aromatic rings. The number of carbonyl (C=O) groups excluding carboxylic acids is 1. The van der Waals surface area contributed by atoms with Crippen molar-refractivity contribution in [2.45, 2.75) is 44.1 Å². The Labute approximate surface area is 147 Å². The van der Waals surface area contributed by atoms with Crippen LogP contribution in [-0.4, -0.2) is 57.4 Å². The minimum Gasteiger partial charge on any atom is -0.383 e. The summed E-state index contributed by atoms with van der Waals surface area (Å²) in [4.78, 5) is 19.3. The normalized spacial score (nSPS) is 20.8. The monoisotopic (exact) mass is 343 g/mol. The van der Waals surface area contributed by atoms with E-state index in [1.54, 1.807) is 7.11 Å². The first-order valence-corrected chi connectivity index (χ1v) is 9.11. The van der Waals surface area contributed by atoms with Crippen LogP contribution in [0.2, 0.25) is 0 Å². The van der Waals surface area contributed by atoms with Crippen LogP contribution in [0.4, 0.5) is 0 Å². The highest BCUT2D eigenvalue weighted by Crippen LogP contribution is 2.39. The van der Waals surface area contributed by atoms with Gasteiger partial charge in [0.05, 0.1) is 6.61 Å². The van der Waals surface area contributed by atoms with Crippen molar-refractivity contribution in [3.63, 3.8) is 0 Å². The maximum atomic E-state index is 12.8. The molecular weight excluding hydrogens is 318 g/mol. The third-order valence-electron chi connectivity index (χ3n) is 5.19. The quantitative estimate of drug-likeness (QED) is 0.872. The zero-order valence-electron chi connectivity index (χ0n) is 14.6. The van der Waals surface area contributed by atoms with Gasteiger partial charge in [0.25, 0.3) is 5.91 Å². The summed E-state index contributed by atoms with van der Waals surface area (Å²) in [5, 5.41) is 7.28. The zero-order chi connectivity index (χ0) is 17.2. The van der Waals surface area contributed by atoms with Crippen LogP contribution < -0.4 is 0 Å². The third kappa shape index (κ3) is 3.46. The fraction of sp³-hybridized carbons (Fsp3) is 0.611. The summed E-state index contributed by atoms with van der Waals surface area (Å²) in [6, 6.07) is 1.93. The molecule has 25 heavy (non-hydrogen) atoms. The molecule has 2 aromatic heterocycles. The SMILES string of the molecule is COCCn1ccnc1[C@@H]1CCCN(C(=O)c2cc(C3CC3)[nH]n2)C1. The summed E-state index contributed by atoms with van der Waals surface area (Å²) in [7, 11) is 1.71. The van der Waals surface area contributed by atoms with E-state index in [1.165, 1.54) is 12.8 Å². The Morgan fingerprint density at radius 2 is 2.24 bits per heavy atom. The zero-order valence-corrected chi connectivity index (χ0v) is 14.6. The van der Waals surface area contributed by atoms with E-state index < -0.39 is 0 Å². The molecule has 2 fully saturated rings. The highest BCUT2D eigenvalue weighted by Gasteiger charge is 2.31. The summed E-state index contributed by atoms with van der Waals surface area (Å²) in [6.07, 6.45) is 8.28. The largest absolute Gasteiger partial charge is 0.383 e. The van der Waals surface area contributed by atoms with Crippen molar-refractivity contribution in [2.75, 3.05) is 26.8 Å². The van der Waals surface area contributed by atoms with Crippen LogP contribution in [-0.2, 0) is 11.3 Å². The Kier molecular flexibility index (Phi) is 4.57. The van der Waals surface area contributed by atoms with Gasteiger partial charge in [0.2, 0.25) is 0 Å². The van der Waals surface area contributed by atoms with E-state index in [9.17, 15) is 4.79 Å². The van der Waals surface area contributed by atoms with Crippen molar-refractivity contribution in [2.24, 2.45) is 0 Å². The van der Waals surface area contributed by atoms with Gasteiger partial charge in [-0.3, -0.25) is 9.89 Å². The number of hydrogen-bond acceptors (Lipinski definition) is 4. The topological polar surface area (TPSA) is 76.0 Å². The minimum absolute atomic E-state index is 0.0304. The second-order valence-corrected chi connectivity index (χ2v) is 7.04. The fourth-order valence-electron chi connectivity index (χ4n) is 3.64. The number of piperidine rings is 1. The fourth-order valence-corrected chi connectivity index (χ4v) is 3.64. The number of nitrogens with zero attached hydrogens (tertiary/aromatic N) is 4. The van der Waals surface area contributed by atoms with Gasteiger partial charge >= 0.3 is 0 Å². The molecule has 3 heterocycles. The van der Waals surface area contributed by atoms with Crippen LogP contribution in [0.25, 0.3) is 0 Å². The maximum Gasteiger partial charge on any atom is 0.274 e. The molecule has 1 aliphatic carbocycles. The third-order valence-corrected chi connectivity index (χ3v) is 5.19. The smallest absolute Gasteiger partial charge is 0.274 e. The first kappa shape index (κ1) is 16.3. The average molecular weight is 343 g/mol. The number of H-pyrrole nitrogens is 1. The van der Waals surface area contributed by atoms with Gasteiger partial charge in [-0.05, 0) is 31.7 Å². The molecule has 0 radical (unpaired) electrons.